The van der Waals surface area contributed by atoms with Crippen LogP contribution in [-0.2, 0) is 16.1 Å². The first-order chi connectivity index (χ1) is 7.76. The molecule has 0 radical (unpaired) electrons. The van der Waals surface area contributed by atoms with E-state index in [0.717, 1.165) is 6.54 Å². The van der Waals surface area contributed by atoms with Crippen LogP contribution in [0.4, 0.5) is 0 Å². The van der Waals surface area contributed by atoms with Gasteiger partial charge in [0.2, 0.25) is 5.91 Å². The van der Waals surface area contributed by atoms with Gasteiger partial charge >= 0.3 is 0 Å². The molecule has 5 nitrogen and oxygen atoms in total. The van der Waals surface area contributed by atoms with Crippen molar-refractivity contribution in [1.29, 1.82) is 0 Å². The van der Waals surface area contributed by atoms with Crippen molar-refractivity contribution in [2.24, 2.45) is 5.73 Å². The van der Waals surface area contributed by atoms with E-state index in [9.17, 15) is 4.79 Å². The molecular formula is C11H19N3O2. The van der Waals surface area contributed by atoms with E-state index in [2.05, 4.69) is 5.32 Å². The molecule has 3 N–H and O–H groups in total. The number of nitrogens with zero attached hydrogens (tertiary/aromatic N) is 1. The molecule has 1 unspecified atom stereocenters. The Kier molecular flexibility index (Phi) is 5.60. The van der Waals surface area contributed by atoms with Crippen molar-refractivity contribution < 1.29 is 9.53 Å². The van der Waals surface area contributed by atoms with E-state index in [0.29, 0.717) is 19.5 Å². The summed E-state index contributed by atoms with van der Waals surface area (Å²) in [6.07, 6.45) is 4.05. The Morgan fingerprint density at radius 3 is 2.75 bits per heavy atom. The van der Waals surface area contributed by atoms with Gasteiger partial charge in [0.25, 0.3) is 0 Å². The summed E-state index contributed by atoms with van der Waals surface area (Å²) in [5, 5.41) is 2.82. The van der Waals surface area contributed by atoms with E-state index in [1.54, 1.807) is 7.11 Å². The number of hydrogen-bond acceptors (Lipinski definition) is 3. The SMILES string of the molecule is COC(CN)CC(=O)NCCn1cccc1. The predicted molar refractivity (Wildman–Crippen MR) is 61.9 cm³/mol. The van der Waals surface area contributed by atoms with E-state index in [4.69, 9.17) is 10.5 Å². The quantitative estimate of drug-likeness (QED) is 0.684. The van der Waals surface area contributed by atoms with Gasteiger partial charge in [-0.1, -0.05) is 0 Å². The molecular weight excluding hydrogens is 206 g/mol. The summed E-state index contributed by atoms with van der Waals surface area (Å²) < 4.78 is 7.04. The van der Waals surface area contributed by atoms with Gasteiger partial charge in [-0.15, -0.1) is 0 Å². The van der Waals surface area contributed by atoms with Crippen molar-refractivity contribution in [2.45, 2.75) is 19.1 Å². The fourth-order valence-corrected chi connectivity index (χ4v) is 1.39. The van der Waals surface area contributed by atoms with Crippen molar-refractivity contribution >= 4 is 5.91 Å². The monoisotopic (exact) mass is 225 g/mol. The predicted octanol–water partition coefficient (Wildman–Crippen LogP) is -0.0319. The maximum absolute atomic E-state index is 11.4. The molecule has 0 aliphatic heterocycles. The average Bonchev–Trinajstić information content (AvgIpc) is 2.79. The third-order valence-corrected chi connectivity index (χ3v) is 2.37. The first-order valence-electron chi connectivity index (χ1n) is 5.36. The molecule has 0 aliphatic rings. The Morgan fingerprint density at radius 2 is 2.19 bits per heavy atom. The van der Waals surface area contributed by atoms with Crippen molar-refractivity contribution in [3.05, 3.63) is 24.5 Å². The Hall–Kier alpha value is -1.33. The van der Waals surface area contributed by atoms with Crippen LogP contribution in [0, 0.1) is 0 Å². The second kappa shape index (κ2) is 7.03. The Balaban J connectivity index is 2.15. The van der Waals surface area contributed by atoms with E-state index in [1.807, 2.05) is 29.1 Å². The number of carbonyl (C=O) groups is 1. The molecule has 1 amide bonds. The van der Waals surface area contributed by atoms with Crippen LogP contribution in [0.1, 0.15) is 6.42 Å². The van der Waals surface area contributed by atoms with Gasteiger partial charge in [0, 0.05) is 39.1 Å². The first-order valence-corrected chi connectivity index (χ1v) is 5.36. The number of nitrogens with one attached hydrogen (secondary N) is 1. The second-order valence-electron chi connectivity index (χ2n) is 3.57. The fraction of sp³-hybridized carbons (Fsp3) is 0.545. The lowest BCUT2D eigenvalue weighted by atomic mass is 10.2. The molecule has 1 atom stereocenters. The summed E-state index contributed by atoms with van der Waals surface area (Å²) in [7, 11) is 1.56. The van der Waals surface area contributed by atoms with Crippen molar-refractivity contribution in [1.82, 2.24) is 9.88 Å². The summed E-state index contributed by atoms with van der Waals surface area (Å²) >= 11 is 0. The molecule has 0 spiro atoms. The molecule has 1 rings (SSSR count). The summed E-state index contributed by atoms with van der Waals surface area (Å²) in [4.78, 5) is 11.4. The Labute approximate surface area is 95.6 Å². The molecule has 1 heterocycles. The zero-order chi connectivity index (χ0) is 11.8. The topological polar surface area (TPSA) is 69.3 Å². The summed E-state index contributed by atoms with van der Waals surface area (Å²) in [5.41, 5.74) is 5.43. The molecule has 0 fully saturated rings. The third-order valence-electron chi connectivity index (χ3n) is 2.37. The Bertz CT molecular complexity index is 294. The maximum atomic E-state index is 11.4. The number of hydrogen-bond donors (Lipinski definition) is 2. The minimum absolute atomic E-state index is 0.0237. The van der Waals surface area contributed by atoms with Gasteiger partial charge in [-0.3, -0.25) is 4.79 Å². The summed E-state index contributed by atoms with van der Waals surface area (Å²) in [6, 6.07) is 3.91. The summed E-state index contributed by atoms with van der Waals surface area (Å²) in [6.45, 7) is 1.76. The van der Waals surface area contributed by atoms with Crippen LogP contribution < -0.4 is 11.1 Å². The number of amides is 1. The fourth-order valence-electron chi connectivity index (χ4n) is 1.39. The third kappa shape index (κ3) is 4.46. The normalized spacial score (nSPS) is 12.4. The largest absolute Gasteiger partial charge is 0.380 e. The number of aromatic nitrogens is 1. The molecule has 0 aliphatic carbocycles. The maximum Gasteiger partial charge on any atom is 0.222 e. The van der Waals surface area contributed by atoms with Crippen LogP contribution in [0.25, 0.3) is 0 Å². The molecule has 0 saturated heterocycles. The minimum atomic E-state index is -0.188. The lowest BCUT2D eigenvalue weighted by Crippen LogP contribution is -2.33. The highest BCUT2D eigenvalue weighted by Crippen LogP contribution is 1.94. The van der Waals surface area contributed by atoms with E-state index in [-0.39, 0.29) is 12.0 Å². The molecule has 0 saturated carbocycles. The van der Waals surface area contributed by atoms with E-state index < -0.39 is 0 Å². The highest BCUT2D eigenvalue weighted by molar-refractivity contribution is 5.76. The lowest BCUT2D eigenvalue weighted by Gasteiger charge is -2.12. The standard InChI is InChI=1S/C11H19N3O2/c1-16-10(9-12)8-11(15)13-4-7-14-5-2-3-6-14/h2-3,5-6,10H,4,7-9,12H2,1H3,(H,13,15). The van der Waals surface area contributed by atoms with Crippen LogP contribution in [0.3, 0.4) is 0 Å². The Morgan fingerprint density at radius 1 is 1.50 bits per heavy atom. The molecule has 5 heteroatoms. The van der Waals surface area contributed by atoms with Crippen LogP contribution in [-0.4, -0.2) is 36.8 Å². The average molecular weight is 225 g/mol. The molecule has 90 valence electrons. The molecule has 0 aromatic carbocycles. The minimum Gasteiger partial charge on any atom is -0.380 e. The van der Waals surface area contributed by atoms with Crippen molar-refractivity contribution in [3.63, 3.8) is 0 Å². The number of nitrogens with two attached hydrogens (primary N) is 1. The van der Waals surface area contributed by atoms with Crippen molar-refractivity contribution in [2.75, 3.05) is 20.2 Å². The second-order valence-corrected chi connectivity index (χ2v) is 3.57. The highest BCUT2D eigenvalue weighted by atomic mass is 16.5. The summed E-state index contributed by atoms with van der Waals surface area (Å²) in [5.74, 6) is -0.0237. The molecule has 1 aromatic heterocycles. The van der Waals surface area contributed by atoms with Gasteiger partial charge in [-0.25, -0.2) is 0 Å². The van der Waals surface area contributed by atoms with Gasteiger partial charge in [0.05, 0.1) is 12.5 Å². The highest BCUT2D eigenvalue weighted by Gasteiger charge is 2.10. The van der Waals surface area contributed by atoms with Gasteiger partial charge in [-0.05, 0) is 12.1 Å². The van der Waals surface area contributed by atoms with Crippen LogP contribution in [0.2, 0.25) is 0 Å². The van der Waals surface area contributed by atoms with Gasteiger partial charge in [0.15, 0.2) is 0 Å². The van der Waals surface area contributed by atoms with Crippen LogP contribution >= 0.6 is 0 Å². The van der Waals surface area contributed by atoms with E-state index in [1.165, 1.54) is 0 Å². The number of ether oxygens (including phenoxy) is 1. The van der Waals surface area contributed by atoms with Crippen molar-refractivity contribution in [3.8, 4) is 0 Å². The van der Waals surface area contributed by atoms with Gasteiger partial charge in [0.1, 0.15) is 0 Å². The van der Waals surface area contributed by atoms with E-state index >= 15 is 0 Å². The van der Waals surface area contributed by atoms with Gasteiger partial charge < -0.3 is 20.4 Å². The lowest BCUT2D eigenvalue weighted by molar-refractivity contribution is -0.123. The van der Waals surface area contributed by atoms with Gasteiger partial charge in [-0.2, -0.15) is 0 Å². The first kappa shape index (κ1) is 12.7. The number of carbonyl (C=O) groups excluding carboxylic acids is 1. The zero-order valence-corrected chi connectivity index (χ0v) is 9.56. The van der Waals surface area contributed by atoms with Crippen LogP contribution in [0.15, 0.2) is 24.5 Å². The number of rotatable bonds is 7. The molecule has 16 heavy (non-hydrogen) atoms. The molecule has 0 bridgehead atoms. The zero-order valence-electron chi connectivity index (χ0n) is 9.56. The molecule has 1 aromatic rings. The smallest absolute Gasteiger partial charge is 0.222 e. The van der Waals surface area contributed by atoms with Crippen LogP contribution in [0.5, 0.6) is 0 Å². The number of methoxy groups -OCH3 is 1.